The van der Waals surface area contributed by atoms with Gasteiger partial charge >= 0.3 is 5.91 Å². The minimum Gasteiger partial charge on any atom is -0.388 e. The first-order valence-corrected chi connectivity index (χ1v) is 13.8. The third-order valence-corrected chi connectivity index (χ3v) is 7.76. The highest BCUT2D eigenvalue weighted by Gasteiger charge is 2.62. The van der Waals surface area contributed by atoms with Crippen LogP contribution in [0.5, 0.6) is 0 Å². The molecule has 0 spiro atoms. The summed E-state index contributed by atoms with van der Waals surface area (Å²) in [5.74, 6) is -1.08. The third kappa shape index (κ3) is 5.19. The number of rotatable bonds is 7. The van der Waals surface area contributed by atoms with E-state index in [9.17, 15) is 35.1 Å². The van der Waals surface area contributed by atoms with Crippen molar-refractivity contribution in [3.8, 4) is 0 Å². The number of aliphatic hydroxyl groups is 5. The highest BCUT2D eigenvalue weighted by Crippen LogP contribution is 2.46. The lowest BCUT2D eigenvalue weighted by atomic mass is 10.1. The van der Waals surface area contributed by atoms with Crippen molar-refractivity contribution in [2.45, 2.75) is 49.1 Å². The molecular weight excluding hydrogens is 578 g/mol. The van der Waals surface area contributed by atoms with Crippen LogP contribution in [-0.2, 0) is 14.2 Å². The maximum atomic E-state index is 14.3. The summed E-state index contributed by atoms with van der Waals surface area (Å²) in [7, 11) is 0. The molecule has 0 radical (unpaired) electrons. The molecule has 3 aliphatic heterocycles. The minimum absolute atomic E-state index is 0.0121. The zero-order valence-electron chi connectivity index (χ0n) is 23.0. The van der Waals surface area contributed by atoms with Gasteiger partial charge in [0.15, 0.2) is 23.9 Å². The standard InChI is InChI=1S/C29H29N5O10/c35-17-11-42-29(23(39)20(17)36)43-12-18-21(37)22(38)28(44-18)34(27(41)16-9-5-2-6-10-16)14-32-19-24(30-13-31-25(19)34)33-26(40)15-7-3-1-4-8-15/h1-10,13-14,17-18,20-23,28-29,35-39H,11-12H2/p+1/t17-,18-,20-,21-,22-,23-,28-,29?,34?/m1/s1. The number of anilines is 1. The number of carbonyl (C=O) groups is 2. The summed E-state index contributed by atoms with van der Waals surface area (Å²) in [6.45, 7) is -0.727. The van der Waals surface area contributed by atoms with Crippen LogP contribution in [0, 0.1) is 0 Å². The molecule has 2 unspecified atom stereocenters. The number of carbonyl (C=O) groups excluding carboxylic acids is 2. The van der Waals surface area contributed by atoms with E-state index >= 15 is 0 Å². The molecule has 0 saturated carbocycles. The molecule has 0 aliphatic carbocycles. The molecule has 9 atom stereocenters. The Morgan fingerprint density at radius 2 is 1.57 bits per heavy atom. The van der Waals surface area contributed by atoms with Crippen molar-refractivity contribution in [1.29, 1.82) is 0 Å². The zero-order chi connectivity index (χ0) is 31.0. The molecule has 0 bridgehead atoms. The van der Waals surface area contributed by atoms with Gasteiger partial charge in [-0.05, 0) is 24.3 Å². The molecule has 6 rings (SSSR count). The van der Waals surface area contributed by atoms with Gasteiger partial charge in [-0.2, -0.15) is 9.98 Å². The fourth-order valence-electron chi connectivity index (χ4n) is 5.39. The van der Waals surface area contributed by atoms with E-state index in [1.807, 2.05) is 0 Å². The molecule has 3 aliphatic rings. The number of nitrogens with zero attached hydrogens (tertiary/aromatic N) is 4. The fraction of sp³-hybridized carbons (Fsp3) is 0.345. The van der Waals surface area contributed by atoms with E-state index in [1.165, 1.54) is 6.34 Å². The summed E-state index contributed by atoms with van der Waals surface area (Å²) >= 11 is 0. The van der Waals surface area contributed by atoms with Gasteiger partial charge in [-0.15, -0.1) is 4.48 Å². The maximum Gasteiger partial charge on any atom is 0.360 e. The fourth-order valence-corrected chi connectivity index (χ4v) is 5.39. The molecule has 1 aromatic heterocycles. The van der Waals surface area contributed by atoms with Crippen LogP contribution in [0.4, 0.5) is 17.3 Å². The first-order chi connectivity index (χ1) is 21.2. The molecule has 44 heavy (non-hydrogen) atoms. The van der Waals surface area contributed by atoms with E-state index in [0.29, 0.717) is 5.56 Å². The number of nitrogens with one attached hydrogen (secondary N) is 1. The molecule has 2 fully saturated rings. The lowest BCUT2D eigenvalue weighted by Gasteiger charge is -2.35. The Morgan fingerprint density at radius 3 is 2.27 bits per heavy atom. The van der Waals surface area contributed by atoms with E-state index in [1.54, 1.807) is 60.7 Å². The second-order valence-electron chi connectivity index (χ2n) is 10.5. The SMILES string of the molecule is O=C(Nc1ncnc2c1N=C[N+]2(C(=O)c1ccccc1)[C@@H]1O[C@H](COC2OC[C@@H](O)[C@@H](O)[C@H]2O)[C@@H](O)[C@H]1O)c1ccccc1. The normalized spacial score (nSPS) is 32.8. The minimum atomic E-state index is -1.67. The number of fused-ring (bicyclic) bond motifs is 1. The molecule has 3 aromatic rings. The summed E-state index contributed by atoms with van der Waals surface area (Å²) in [5, 5.41) is 54.8. The number of hydrogen-bond acceptors (Lipinski definition) is 13. The zero-order valence-corrected chi connectivity index (χ0v) is 23.0. The van der Waals surface area contributed by atoms with Gasteiger partial charge in [0.2, 0.25) is 12.6 Å². The van der Waals surface area contributed by atoms with Crippen molar-refractivity contribution in [1.82, 2.24) is 14.5 Å². The predicted octanol–water partition coefficient (Wildman–Crippen LogP) is -0.548. The third-order valence-electron chi connectivity index (χ3n) is 7.76. The van der Waals surface area contributed by atoms with Gasteiger partial charge in [0.25, 0.3) is 11.7 Å². The van der Waals surface area contributed by atoms with Crippen LogP contribution < -0.4 is 9.80 Å². The van der Waals surface area contributed by atoms with Gasteiger partial charge in [-0.3, -0.25) is 4.79 Å². The number of aromatic nitrogens is 2. The lowest BCUT2D eigenvalue weighted by Crippen LogP contribution is -2.63. The van der Waals surface area contributed by atoms with E-state index in [-0.39, 0.29) is 29.5 Å². The monoisotopic (exact) mass is 608 g/mol. The molecule has 4 heterocycles. The lowest BCUT2D eigenvalue weighted by molar-refractivity contribution is -0.276. The van der Waals surface area contributed by atoms with Crippen LogP contribution in [-0.4, -0.2) is 116 Å². The van der Waals surface area contributed by atoms with Crippen molar-refractivity contribution in [3.05, 3.63) is 78.1 Å². The van der Waals surface area contributed by atoms with Gasteiger partial charge in [-0.1, -0.05) is 36.4 Å². The van der Waals surface area contributed by atoms with Crippen LogP contribution in [0.15, 0.2) is 72.0 Å². The quantitative estimate of drug-likeness (QED) is 0.187. The molecule has 230 valence electrons. The van der Waals surface area contributed by atoms with E-state index in [4.69, 9.17) is 14.2 Å². The first kappa shape index (κ1) is 30.0. The van der Waals surface area contributed by atoms with Gasteiger partial charge in [-0.25, -0.2) is 9.78 Å². The maximum absolute atomic E-state index is 14.3. The number of amides is 2. The second kappa shape index (κ2) is 12.2. The Kier molecular flexibility index (Phi) is 8.30. The topological polar surface area (TPSA) is 213 Å². The summed E-state index contributed by atoms with van der Waals surface area (Å²) in [6.07, 6.45) is -9.40. The highest BCUT2D eigenvalue weighted by atomic mass is 16.7. The van der Waals surface area contributed by atoms with Gasteiger partial charge in [0.1, 0.15) is 36.8 Å². The van der Waals surface area contributed by atoms with Crippen LogP contribution in [0.25, 0.3) is 0 Å². The van der Waals surface area contributed by atoms with E-state index < -0.39 is 72.0 Å². The van der Waals surface area contributed by atoms with Gasteiger partial charge in [0, 0.05) is 5.56 Å². The highest BCUT2D eigenvalue weighted by molar-refractivity contribution is 6.16. The smallest absolute Gasteiger partial charge is 0.360 e. The van der Waals surface area contributed by atoms with Crippen LogP contribution in [0.3, 0.4) is 0 Å². The van der Waals surface area contributed by atoms with Crippen molar-refractivity contribution >= 4 is 35.5 Å². The molecule has 15 nitrogen and oxygen atoms in total. The van der Waals surface area contributed by atoms with Crippen LogP contribution in [0.1, 0.15) is 20.7 Å². The average molecular weight is 609 g/mol. The molecular formula is C29H30N5O10+. The molecule has 6 N–H and O–H groups in total. The Labute approximate surface area is 250 Å². The number of hydrogen-bond donors (Lipinski definition) is 6. The summed E-state index contributed by atoms with van der Waals surface area (Å²) in [4.78, 5) is 40.1. The average Bonchev–Trinajstić information content (AvgIpc) is 3.58. The number of aliphatic imine (C=N–C) groups is 1. The van der Waals surface area contributed by atoms with Crippen molar-refractivity contribution in [2.75, 3.05) is 18.5 Å². The molecule has 15 heteroatoms. The van der Waals surface area contributed by atoms with E-state index in [0.717, 1.165) is 6.33 Å². The predicted molar refractivity (Wildman–Crippen MR) is 152 cm³/mol. The summed E-state index contributed by atoms with van der Waals surface area (Å²) in [6, 6.07) is 16.6. The molecule has 2 amide bonds. The van der Waals surface area contributed by atoms with E-state index in [2.05, 4.69) is 20.3 Å². The second-order valence-corrected chi connectivity index (χ2v) is 10.5. The number of benzene rings is 2. The number of quaternary nitrogens is 1. The molecule has 2 aromatic carbocycles. The van der Waals surface area contributed by atoms with Gasteiger partial charge in [0.05, 0.1) is 18.8 Å². The van der Waals surface area contributed by atoms with Crippen LogP contribution in [0.2, 0.25) is 0 Å². The summed E-state index contributed by atoms with van der Waals surface area (Å²) < 4.78 is 15.9. The number of ether oxygens (including phenoxy) is 3. The summed E-state index contributed by atoms with van der Waals surface area (Å²) in [5.41, 5.74) is 0.631. The Bertz CT molecular complexity index is 1550. The Hall–Kier alpha value is -4.03. The van der Waals surface area contributed by atoms with Crippen molar-refractivity contribution < 1.29 is 49.3 Å². The van der Waals surface area contributed by atoms with Crippen molar-refractivity contribution in [3.63, 3.8) is 0 Å². The van der Waals surface area contributed by atoms with Gasteiger partial charge < -0.3 is 45.1 Å². The molecule has 2 saturated heterocycles. The van der Waals surface area contributed by atoms with Crippen LogP contribution >= 0.6 is 0 Å². The Balaban J connectivity index is 1.32. The first-order valence-electron chi connectivity index (χ1n) is 13.8. The largest absolute Gasteiger partial charge is 0.388 e. The Morgan fingerprint density at radius 1 is 0.886 bits per heavy atom. The van der Waals surface area contributed by atoms with Crippen molar-refractivity contribution in [2.24, 2.45) is 4.99 Å². The number of aliphatic hydroxyl groups excluding tert-OH is 5.